The Balaban J connectivity index is 1.86. The van der Waals surface area contributed by atoms with Gasteiger partial charge in [-0.3, -0.25) is 14.6 Å². The average molecular weight is 355 g/mol. The van der Waals surface area contributed by atoms with Gasteiger partial charge >= 0.3 is 6.18 Å². The van der Waals surface area contributed by atoms with Gasteiger partial charge in [-0.25, -0.2) is 0 Å². The van der Waals surface area contributed by atoms with Crippen molar-refractivity contribution in [1.82, 2.24) is 15.1 Å². The lowest BCUT2D eigenvalue weighted by atomic mass is 10.1. The molecule has 0 spiro atoms. The van der Waals surface area contributed by atoms with Crippen molar-refractivity contribution in [1.29, 1.82) is 0 Å². The number of amides is 1. The highest BCUT2D eigenvalue weighted by Crippen LogP contribution is 2.29. The normalized spacial score (nSPS) is 17.9. The highest BCUT2D eigenvalue weighted by molar-refractivity contribution is 5.81. The zero-order valence-corrected chi connectivity index (χ0v) is 14.4. The number of hydrogen-bond acceptors (Lipinski definition) is 3. The van der Waals surface area contributed by atoms with Crippen LogP contribution in [-0.2, 0) is 17.5 Å². The second-order valence-corrected chi connectivity index (χ2v) is 6.22. The summed E-state index contributed by atoms with van der Waals surface area (Å²) >= 11 is 0. The molecule has 138 valence electrons. The fourth-order valence-electron chi connectivity index (χ4n) is 2.90. The van der Waals surface area contributed by atoms with E-state index in [1.165, 1.54) is 12.1 Å². The molecule has 0 saturated carbocycles. The molecule has 1 N–H and O–H groups in total. The maximum Gasteiger partial charge on any atom is 0.416 e. The lowest BCUT2D eigenvalue weighted by Crippen LogP contribution is -2.53. The molecule has 1 aliphatic rings. The van der Waals surface area contributed by atoms with Crippen molar-refractivity contribution in [2.75, 3.05) is 32.7 Å². The molecule has 7 heteroatoms. The van der Waals surface area contributed by atoms with Gasteiger partial charge in [0.1, 0.15) is 0 Å². The van der Waals surface area contributed by atoms with Crippen LogP contribution in [0.15, 0.2) is 36.9 Å². The summed E-state index contributed by atoms with van der Waals surface area (Å²) in [4.78, 5) is 16.2. The molecule has 1 aliphatic heterocycles. The van der Waals surface area contributed by atoms with E-state index in [-0.39, 0.29) is 11.9 Å². The Kier molecular flexibility index (Phi) is 6.61. The van der Waals surface area contributed by atoms with Crippen LogP contribution in [0, 0.1) is 0 Å². The van der Waals surface area contributed by atoms with E-state index in [1.54, 1.807) is 12.1 Å². The van der Waals surface area contributed by atoms with E-state index >= 15 is 0 Å². The second kappa shape index (κ2) is 8.49. The van der Waals surface area contributed by atoms with E-state index in [2.05, 4.69) is 21.7 Å². The molecule has 2 rings (SSSR count). The first kappa shape index (κ1) is 19.5. The minimum atomic E-state index is -4.32. The third-order valence-electron chi connectivity index (χ3n) is 4.42. The third-order valence-corrected chi connectivity index (χ3v) is 4.42. The molecule has 4 nitrogen and oxygen atoms in total. The first-order chi connectivity index (χ1) is 11.8. The Morgan fingerprint density at radius 1 is 1.32 bits per heavy atom. The van der Waals surface area contributed by atoms with Crippen LogP contribution in [0.25, 0.3) is 0 Å². The zero-order chi connectivity index (χ0) is 18.4. The molecule has 0 bridgehead atoms. The molecule has 1 aromatic rings. The number of nitrogens with zero attached hydrogens (tertiary/aromatic N) is 2. The largest absolute Gasteiger partial charge is 0.416 e. The fraction of sp³-hybridized carbons (Fsp3) is 0.500. The summed E-state index contributed by atoms with van der Waals surface area (Å²) in [7, 11) is 0. The standard InChI is InChI=1S/C18H24F3N3O/c1-3-7-22-17(25)14(2)24-10-8-23(9-11-24)13-15-5-4-6-16(12-15)18(19,20)21/h3-6,12,14H,1,7-11,13H2,2H3,(H,22,25). The van der Waals surface area contributed by atoms with Crippen molar-refractivity contribution in [2.24, 2.45) is 0 Å². The van der Waals surface area contributed by atoms with E-state index < -0.39 is 11.7 Å². The molecule has 1 fully saturated rings. The Morgan fingerprint density at radius 2 is 2.00 bits per heavy atom. The molecule has 1 amide bonds. The van der Waals surface area contributed by atoms with Gasteiger partial charge < -0.3 is 5.32 Å². The first-order valence-electron chi connectivity index (χ1n) is 8.32. The highest BCUT2D eigenvalue weighted by atomic mass is 19.4. The quantitative estimate of drug-likeness (QED) is 0.797. The monoisotopic (exact) mass is 355 g/mol. The molecule has 0 aliphatic carbocycles. The average Bonchev–Trinajstić information content (AvgIpc) is 2.59. The van der Waals surface area contributed by atoms with Crippen LogP contribution in [-0.4, -0.2) is 54.5 Å². The number of piperazine rings is 1. The second-order valence-electron chi connectivity index (χ2n) is 6.22. The van der Waals surface area contributed by atoms with Crippen molar-refractivity contribution in [3.8, 4) is 0 Å². The molecule has 0 aromatic heterocycles. The van der Waals surface area contributed by atoms with E-state index in [0.29, 0.717) is 31.7 Å². The number of benzene rings is 1. The maximum absolute atomic E-state index is 12.8. The predicted octanol–water partition coefficient (Wildman–Crippen LogP) is 2.51. The van der Waals surface area contributed by atoms with Crippen molar-refractivity contribution in [2.45, 2.75) is 25.7 Å². The molecule has 0 radical (unpaired) electrons. The van der Waals surface area contributed by atoms with Crippen molar-refractivity contribution < 1.29 is 18.0 Å². The van der Waals surface area contributed by atoms with Gasteiger partial charge in [0.2, 0.25) is 5.91 Å². The van der Waals surface area contributed by atoms with E-state index in [1.807, 2.05) is 6.92 Å². The van der Waals surface area contributed by atoms with Crippen LogP contribution in [0.3, 0.4) is 0 Å². The Hall–Kier alpha value is -1.86. The van der Waals surface area contributed by atoms with Crippen LogP contribution in [0.2, 0.25) is 0 Å². The SMILES string of the molecule is C=CCNC(=O)C(C)N1CCN(Cc2cccc(C(F)(F)F)c2)CC1. The molecule has 1 atom stereocenters. The van der Waals surface area contributed by atoms with Crippen LogP contribution in [0.4, 0.5) is 13.2 Å². The fourth-order valence-corrected chi connectivity index (χ4v) is 2.90. The summed E-state index contributed by atoms with van der Waals surface area (Å²) in [5.74, 6) is -0.0359. The summed E-state index contributed by atoms with van der Waals surface area (Å²) in [6.45, 7) is 9.21. The van der Waals surface area contributed by atoms with Gasteiger partial charge in [0.05, 0.1) is 11.6 Å². The maximum atomic E-state index is 12.8. The Morgan fingerprint density at radius 3 is 2.60 bits per heavy atom. The van der Waals surface area contributed by atoms with E-state index in [9.17, 15) is 18.0 Å². The van der Waals surface area contributed by atoms with Gasteiger partial charge in [-0.1, -0.05) is 24.3 Å². The number of halogens is 3. The summed E-state index contributed by atoms with van der Waals surface area (Å²) in [5.41, 5.74) is 0.0381. The van der Waals surface area contributed by atoms with Crippen LogP contribution < -0.4 is 5.32 Å². The molecule has 1 heterocycles. The summed E-state index contributed by atoms with van der Waals surface area (Å²) in [6, 6.07) is 5.23. The molecule has 25 heavy (non-hydrogen) atoms. The minimum absolute atomic E-state index is 0.0359. The number of carbonyl (C=O) groups is 1. The molecule has 1 saturated heterocycles. The molecular formula is C18H24F3N3O. The van der Waals surface area contributed by atoms with Crippen molar-refractivity contribution in [3.63, 3.8) is 0 Å². The highest BCUT2D eigenvalue weighted by Gasteiger charge is 2.30. The van der Waals surface area contributed by atoms with Gasteiger partial charge in [-0.15, -0.1) is 6.58 Å². The number of nitrogens with one attached hydrogen (secondary N) is 1. The number of hydrogen-bond donors (Lipinski definition) is 1. The molecule has 1 aromatic carbocycles. The molecule has 1 unspecified atom stereocenters. The number of carbonyl (C=O) groups excluding carboxylic acids is 1. The Bertz CT molecular complexity index is 595. The van der Waals surface area contributed by atoms with Gasteiger partial charge in [-0.05, 0) is 18.6 Å². The first-order valence-corrected chi connectivity index (χ1v) is 8.32. The van der Waals surface area contributed by atoms with Gasteiger partial charge in [0.15, 0.2) is 0 Å². The van der Waals surface area contributed by atoms with Crippen molar-refractivity contribution in [3.05, 3.63) is 48.0 Å². The lowest BCUT2D eigenvalue weighted by molar-refractivity contribution is -0.137. The smallest absolute Gasteiger partial charge is 0.351 e. The predicted molar refractivity (Wildman–Crippen MR) is 91.0 cm³/mol. The number of alkyl halides is 3. The van der Waals surface area contributed by atoms with Crippen LogP contribution >= 0.6 is 0 Å². The molecular weight excluding hydrogens is 331 g/mol. The third kappa shape index (κ3) is 5.57. The topological polar surface area (TPSA) is 35.6 Å². The number of rotatable bonds is 6. The Labute approximate surface area is 146 Å². The van der Waals surface area contributed by atoms with Gasteiger partial charge in [-0.2, -0.15) is 13.2 Å². The zero-order valence-electron chi connectivity index (χ0n) is 14.4. The van der Waals surface area contributed by atoms with Crippen LogP contribution in [0.5, 0.6) is 0 Å². The van der Waals surface area contributed by atoms with E-state index in [4.69, 9.17) is 0 Å². The summed E-state index contributed by atoms with van der Waals surface area (Å²) in [6.07, 6.45) is -2.68. The van der Waals surface area contributed by atoms with Crippen LogP contribution in [0.1, 0.15) is 18.1 Å². The lowest BCUT2D eigenvalue weighted by Gasteiger charge is -2.37. The minimum Gasteiger partial charge on any atom is -0.351 e. The van der Waals surface area contributed by atoms with Crippen molar-refractivity contribution >= 4 is 5.91 Å². The summed E-state index contributed by atoms with van der Waals surface area (Å²) < 4.78 is 38.4. The summed E-state index contributed by atoms with van der Waals surface area (Å²) in [5, 5.41) is 2.78. The van der Waals surface area contributed by atoms with E-state index in [0.717, 1.165) is 19.2 Å². The van der Waals surface area contributed by atoms with Gasteiger partial charge in [0.25, 0.3) is 0 Å². The van der Waals surface area contributed by atoms with Gasteiger partial charge in [0, 0.05) is 39.3 Å².